The molecule has 0 atom stereocenters. The van der Waals surface area contributed by atoms with E-state index < -0.39 is 35.0 Å². The number of carbonyl (C=O) groups excluding carboxylic acids is 2. The van der Waals surface area contributed by atoms with Crippen molar-refractivity contribution in [3.05, 3.63) is 46.8 Å². The Morgan fingerprint density at radius 3 is 2.71 bits per heavy atom. The minimum absolute atomic E-state index is 0.0873. The molecule has 0 aliphatic carbocycles. The number of fused-ring (bicyclic) bond motifs is 1. The predicted octanol–water partition coefficient (Wildman–Crippen LogP) is 2.27. The van der Waals surface area contributed by atoms with E-state index in [0.29, 0.717) is 31.3 Å². The first kappa shape index (κ1) is 19.9. The third-order valence-corrected chi connectivity index (χ3v) is 4.41. The largest absolute Gasteiger partial charge is 0.383 e. The summed E-state index contributed by atoms with van der Waals surface area (Å²) in [5, 5.41) is 4.85. The van der Waals surface area contributed by atoms with Gasteiger partial charge in [-0.15, -0.1) is 0 Å². The zero-order valence-electron chi connectivity index (χ0n) is 15.2. The molecular weight excluding hydrogens is 377 g/mol. The van der Waals surface area contributed by atoms with E-state index in [9.17, 15) is 22.8 Å². The summed E-state index contributed by atoms with van der Waals surface area (Å²) >= 11 is 0. The molecular formula is C18H19F3N4O3. The summed E-state index contributed by atoms with van der Waals surface area (Å²) in [5.74, 6) is -5.89. The highest BCUT2D eigenvalue weighted by Gasteiger charge is 2.28. The van der Waals surface area contributed by atoms with Crippen LogP contribution in [-0.4, -0.2) is 41.6 Å². The fraction of sp³-hybridized carbons (Fsp3) is 0.389. The lowest BCUT2D eigenvalue weighted by Gasteiger charge is -2.17. The van der Waals surface area contributed by atoms with Crippen molar-refractivity contribution in [1.82, 2.24) is 14.9 Å². The number of carbonyl (C=O) groups is 2. The van der Waals surface area contributed by atoms with Crippen LogP contribution in [0.4, 0.5) is 18.9 Å². The summed E-state index contributed by atoms with van der Waals surface area (Å²) in [7, 11) is 1.50. The number of halogens is 3. The van der Waals surface area contributed by atoms with Crippen LogP contribution in [0, 0.1) is 17.5 Å². The molecule has 2 heterocycles. The van der Waals surface area contributed by atoms with Crippen molar-refractivity contribution in [2.45, 2.75) is 25.8 Å². The van der Waals surface area contributed by atoms with Gasteiger partial charge in [-0.2, -0.15) is 0 Å². The molecule has 1 aliphatic heterocycles. The van der Waals surface area contributed by atoms with Gasteiger partial charge in [-0.1, -0.05) is 0 Å². The van der Waals surface area contributed by atoms with Crippen LogP contribution in [0.15, 0.2) is 12.1 Å². The first-order chi connectivity index (χ1) is 13.4. The minimum Gasteiger partial charge on any atom is -0.383 e. The Bertz CT molecular complexity index is 914. The lowest BCUT2D eigenvalue weighted by molar-refractivity contribution is 0.0931. The molecule has 2 aromatic rings. The topological polar surface area (TPSA) is 85.2 Å². The molecule has 150 valence electrons. The van der Waals surface area contributed by atoms with Gasteiger partial charge in [0.25, 0.3) is 11.8 Å². The molecule has 2 N–H and O–H groups in total. The monoisotopic (exact) mass is 396 g/mol. The first-order valence-corrected chi connectivity index (χ1v) is 8.75. The summed E-state index contributed by atoms with van der Waals surface area (Å²) in [6.07, 6.45) is 2.18. The maximum Gasteiger partial charge on any atom is 0.291 e. The molecule has 28 heavy (non-hydrogen) atoms. The molecule has 0 saturated carbocycles. The number of hydrogen-bond acceptors (Lipinski definition) is 4. The Morgan fingerprint density at radius 1 is 1.18 bits per heavy atom. The van der Waals surface area contributed by atoms with Gasteiger partial charge in [0.05, 0.1) is 18.0 Å². The van der Waals surface area contributed by atoms with Gasteiger partial charge in [0.15, 0.2) is 23.3 Å². The van der Waals surface area contributed by atoms with Crippen molar-refractivity contribution in [3.8, 4) is 0 Å². The normalized spacial score (nSPS) is 13.1. The molecule has 0 radical (unpaired) electrons. The van der Waals surface area contributed by atoms with E-state index in [2.05, 4.69) is 15.6 Å². The maximum atomic E-state index is 13.9. The Kier molecular flexibility index (Phi) is 5.98. The van der Waals surface area contributed by atoms with Crippen LogP contribution in [0.3, 0.4) is 0 Å². The van der Waals surface area contributed by atoms with Crippen LogP contribution in [0.1, 0.15) is 39.6 Å². The van der Waals surface area contributed by atoms with Crippen LogP contribution in [0.5, 0.6) is 0 Å². The number of benzene rings is 1. The van der Waals surface area contributed by atoms with Gasteiger partial charge in [-0.05, 0) is 31.4 Å². The Hall–Kier alpha value is -2.88. The first-order valence-electron chi connectivity index (χ1n) is 8.75. The number of anilines is 1. The SMILES string of the molecule is COCCNC(=O)c1nc(C(=O)Nc2ccc(F)c(F)c2F)n2c1CCCC2. The number of aromatic nitrogens is 2. The average Bonchev–Trinajstić information content (AvgIpc) is 3.08. The highest BCUT2D eigenvalue weighted by atomic mass is 19.2. The summed E-state index contributed by atoms with van der Waals surface area (Å²) in [6.45, 7) is 1.07. The Balaban J connectivity index is 1.88. The molecule has 0 spiro atoms. The second kappa shape index (κ2) is 8.42. The van der Waals surface area contributed by atoms with Gasteiger partial charge < -0.3 is 19.9 Å². The van der Waals surface area contributed by atoms with Gasteiger partial charge in [0.2, 0.25) is 0 Å². The molecule has 1 aromatic carbocycles. The Labute approximate surface area is 158 Å². The molecule has 1 aromatic heterocycles. The average molecular weight is 396 g/mol. The number of methoxy groups -OCH3 is 1. The molecule has 2 amide bonds. The summed E-state index contributed by atoms with van der Waals surface area (Å²) in [5.41, 5.74) is 0.215. The number of amides is 2. The van der Waals surface area contributed by atoms with E-state index in [0.717, 1.165) is 18.9 Å². The van der Waals surface area contributed by atoms with E-state index in [1.165, 1.54) is 7.11 Å². The van der Waals surface area contributed by atoms with Crippen molar-refractivity contribution >= 4 is 17.5 Å². The van der Waals surface area contributed by atoms with Crippen LogP contribution in [-0.2, 0) is 17.7 Å². The van der Waals surface area contributed by atoms with Crippen molar-refractivity contribution in [3.63, 3.8) is 0 Å². The number of ether oxygens (including phenoxy) is 1. The van der Waals surface area contributed by atoms with E-state index in [1.54, 1.807) is 4.57 Å². The van der Waals surface area contributed by atoms with Crippen molar-refractivity contribution in [1.29, 1.82) is 0 Å². The highest BCUT2D eigenvalue weighted by molar-refractivity contribution is 6.03. The standard InChI is InChI=1S/C18H19F3N4O3/c1-28-9-7-22-17(26)15-12-4-2-3-8-25(12)16(24-15)18(27)23-11-6-5-10(19)13(20)14(11)21/h5-6H,2-4,7-9H2,1H3,(H,22,26)(H,23,27). The fourth-order valence-electron chi connectivity index (χ4n) is 3.05. The summed E-state index contributed by atoms with van der Waals surface area (Å²) in [4.78, 5) is 29.1. The van der Waals surface area contributed by atoms with E-state index >= 15 is 0 Å². The van der Waals surface area contributed by atoms with Crippen molar-refractivity contribution < 1.29 is 27.5 Å². The lowest BCUT2D eigenvalue weighted by Crippen LogP contribution is -2.28. The molecule has 10 heteroatoms. The maximum absolute atomic E-state index is 13.9. The number of rotatable bonds is 6. The second-order valence-corrected chi connectivity index (χ2v) is 6.27. The van der Waals surface area contributed by atoms with Gasteiger partial charge in [-0.25, -0.2) is 18.2 Å². The van der Waals surface area contributed by atoms with Crippen LogP contribution in [0.2, 0.25) is 0 Å². The molecule has 3 rings (SSSR count). The molecule has 0 saturated heterocycles. The molecule has 7 nitrogen and oxygen atoms in total. The van der Waals surface area contributed by atoms with E-state index in [-0.39, 0.29) is 18.1 Å². The quantitative estimate of drug-likeness (QED) is 0.580. The Morgan fingerprint density at radius 2 is 1.96 bits per heavy atom. The van der Waals surface area contributed by atoms with Crippen LogP contribution in [0.25, 0.3) is 0 Å². The second-order valence-electron chi connectivity index (χ2n) is 6.27. The molecule has 0 fully saturated rings. The zero-order chi connectivity index (χ0) is 20.3. The summed E-state index contributed by atoms with van der Waals surface area (Å²) in [6, 6.07) is 1.63. The van der Waals surface area contributed by atoms with Gasteiger partial charge in [-0.3, -0.25) is 9.59 Å². The number of hydrogen-bond donors (Lipinski definition) is 2. The minimum atomic E-state index is -1.68. The highest BCUT2D eigenvalue weighted by Crippen LogP contribution is 2.24. The van der Waals surface area contributed by atoms with Gasteiger partial charge in [0, 0.05) is 20.2 Å². The molecule has 0 bridgehead atoms. The van der Waals surface area contributed by atoms with Gasteiger partial charge in [0.1, 0.15) is 5.69 Å². The summed E-state index contributed by atoms with van der Waals surface area (Å²) < 4.78 is 46.8. The zero-order valence-corrected chi connectivity index (χ0v) is 15.2. The number of nitrogens with zero attached hydrogens (tertiary/aromatic N) is 2. The third-order valence-electron chi connectivity index (χ3n) is 4.41. The smallest absolute Gasteiger partial charge is 0.291 e. The van der Waals surface area contributed by atoms with Crippen molar-refractivity contribution in [2.24, 2.45) is 0 Å². The van der Waals surface area contributed by atoms with E-state index in [4.69, 9.17) is 4.74 Å². The van der Waals surface area contributed by atoms with Crippen LogP contribution >= 0.6 is 0 Å². The molecule has 1 aliphatic rings. The lowest BCUT2D eigenvalue weighted by atomic mass is 10.1. The van der Waals surface area contributed by atoms with Crippen molar-refractivity contribution in [2.75, 3.05) is 25.6 Å². The predicted molar refractivity (Wildman–Crippen MR) is 93.6 cm³/mol. The number of nitrogens with one attached hydrogen (secondary N) is 2. The fourth-order valence-corrected chi connectivity index (χ4v) is 3.05. The molecule has 0 unspecified atom stereocenters. The van der Waals surface area contributed by atoms with Crippen LogP contribution < -0.4 is 10.6 Å². The number of imidazole rings is 1. The third kappa shape index (κ3) is 3.86. The van der Waals surface area contributed by atoms with E-state index in [1.807, 2.05) is 0 Å². The van der Waals surface area contributed by atoms with Gasteiger partial charge >= 0.3 is 0 Å².